The zero-order valence-corrected chi connectivity index (χ0v) is 11.7. The molecule has 4 heteroatoms. The molecule has 4 nitrogen and oxygen atoms in total. The van der Waals surface area contributed by atoms with Crippen molar-refractivity contribution in [2.75, 3.05) is 19.8 Å². The standard InChI is InChI=1S/C14H27NO3/c1-3-15-14(2,13(16)17)9-5-10-18-11-8-12-6-4-7-12/h12,15H,3-11H2,1-2H3,(H,16,17). The van der Waals surface area contributed by atoms with Crippen LogP contribution in [0.4, 0.5) is 0 Å². The number of ether oxygens (including phenoxy) is 1. The first-order chi connectivity index (χ1) is 8.58. The molecular weight excluding hydrogens is 230 g/mol. The van der Waals surface area contributed by atoms with Gasteiger partial charge in [0, 0.05) is 13.2 Å². The molecule has 0 bridgehead atoms. The average molecular weight is 257 g/mol. The molecule has 0 radical (unpaired) electrons. The smallest absolute Gasteiger partial charge is 0.323 e. The number of aliphatic carboxylic acids is 1. The summed E-state index contributed by atoms with van der Waals surface area (Å²) in [5.41, 5.74) is -0.813. The third-order valence-electron chi connectivity index (χ3n) is 3.90. The predicted molar refractivity (Wildman–Crippen MR) is 71.7 cm³/mol. The van der Waals surface area contributed by atoms with Gasteiger partial charge in [0.15, 0.2) is 0 Å². The number of hydrogen-bond acceptors (Lipinski definition) is 3. The summed E-state index contributed by atoms with van der Waals surface area (Å²) in [7, 11) is 0. The minimum Gasteiger partial charge on any atom is -0.480 e. The minimum atomic E-state index is -0.813. The number of carboxylic acids is 1. The molecule has 1 atom stereocenters. The van der Waals surface area contributed by atoms with Gasteiger partial charge in [0.25, 0.3) is 0 Å². The van der Waals surface area contributed by atoms with Crippen molar-refractivity contribution >= 4 is 5.97 Å². The molecule has 0 aromatic carbocycles. The minimum absolute atomic E-state index is 0.611. The molecule has 0 spiro atoms. The van der Waals surface area contributed by atoms with Gasteiger partial charge in [0.2, 0.25) is 0 Å². The van der Waals surface area contributed by atoms with Gasteiger partial charge in [-0.2, -0.15) is 0 Å². The molecule has 0 amide bonds. The van der Waals surface area contributed by atoms with Crippen LogP contribution < -0.4 is 5.32 Å². The largest absolute Gasteiger partial charge is 0.480 e. The van der Waals surface area contributed by atoms with Crippen molar-refractivity contribution < 1.29 is 14.6 Å². The molecule has 1 rings (SSSR count). The summed E-state index contributed by atoms with van der Waals surface area (Å²) in [6.45, 7) is 5.84. The number of carbonyl (C=O) groups is 1. The first-order valence-corrected chi connectivity index (χ1v) is 7.14. The molecule has 0 heterocycles. The molecule has 0 saturated heterocycles. The van der Waals surface area contributed by atoms with Crippen LogP contribution in [-0.2, 0) is 9.53 Å². The van der Waals surface area contributed by atoms with E-state index in [0.717, 1.165) is 18.9 Å². The lowest BCUT2D eigenvalue weighted by molar-refractivity contribution is -0.144. The van der Waals surface area contributed by atoms with Crippen molar-refractivity contribution in [3.8, 4) is 0 Å². The Morgan fingerprint density at radius 1 is 1.44 bits per heavy atom. The van der Waals surface area contributed by atoms with Crippen LogP contribution >= 0.6 is 0 Å². The van der Waals surface area contributed by atoms with E-state index < -0.39 is 11.5 Å². The van der Waals surface area contributed by atoms with Gasteiger partial charge in [-0.15, -0.1) is 0 Å². The number of carboxylic acid groups (broad SMARTS) is 1. The lowest BCUT2D eigenvalue weighted by atomic mass is 9.83. The Labute approximate surface area is 110 Å². The van der Waals surface area contributed by atoms with Gasteiger partial charge in [-0.3, -0.25) is 4.79 Å². The maximum absolute atomic E-state index is 11.2. The number of rotatable bonds is 10. The van der Waals surface area contributed by atoms with Crippen LogP contribution in [0.2, 0.25) is 0 Å². The molecular formula is C14H27NO3. The van der Waals surface area contributed by atoms with Crippen LogP contribution in [0, 0.1) is 5.92 Å². The van der Waals surface area contributed by atoms with Crippen molar-refractivity contribution in [3.63, 3.8) is 0 Å². The van der Waals surface area contributed by atoms with Crippen molar-refractivity contribution in [2.45, 2.75) is 57.9 Å². The van der Waals surface area contributed by atoms with Gasteiger partial charge < -0.3 is 15.2 Å². The molecule has 1 unspecified atom stereocenters. The molecule has 1 saturated carbocycles. The van der Waals surface area contributed by atoms with Gasteiger partial charge in [0.05, 0.1) is 0 Å². The molecule has 106 valence electrons. The SMILES string of the molecule is CCNC(C)(CCCOCCC1CCC1)C(=O)O. The second-order valence-corrected chi connectivity index (χ2v) is 5.47. The van der Waals surface area contributed by atoms with E-state index in [1.807, 2.05) is 6.92 Å². The van der Waals surface area contributed by atoms with E-state index in [1.165, 1.54) is 25.7 Å². The molecule has 0 aromatic heterocycles. The lowest BCUT2D eigenvalue weighted by Gasteiger charge is -2.26. The molecule has 0 aromatic rings. The van der Waals surface area contributed by atoms with Gasteiger partial charge in [-0.05, 0) is 38.6 Å². The summed E-state index contributed by atoms with van der Waals surface area (Å²) in [5, 5.41) is 12.2. The molecule has 2 N–H and O–H groups in total. The van der Waals surface area contributed by atoms with Crippen molar-refractivity contribution in [2.24, 2.45) is 5.92 Å². The molecule has 0 aliphatic heterocycles. The fourth-order valence-electron chi connectivity index (χ4n) is 2.32. The summed E-state index contributed by atoms with van der Waals surface area (Å²) in [6, 6.07) is 0. The molecule has 1 fully saturated rings. The van der Waals surface area contributed by atoms with Crippen molar-refractivity contribution in [1.82, 2.24) is 5.32 Å². The molecule has 18 heavy (non-hydrogen) atoms. The highest BCUT2D eigenvalue weighted by Gasteiger charge is 2.31. The zero-order chi connectivity index (χ0) is 13.4. The Kier molecular flexibility index (Phi) is 6.65. The van der Waals surface area contributed by atoms with Crippen molar-refractivity contribution in [3.05, 3.63) is 0 Å². The van der Waals surface area contributed by atoms with Crippen LogP contribution in [0.5, 0.6) is 0 Å². The quantitative estimate of drug-likeness (QED) is 0.590. The van der Waals surface area contributed by atoms with E-state index in [0.29, 0.717) is 19.6 Å². The second-order valence-electron chi connectivity index (χ2n) is 5.47. The summed E-state index contributed by atoms with van der Waals surface area (Å²) in [6.07, 6.45) is 6.68. The topological polar surface area (TPSA) is 58.6 Å². The van der Waals surface area contributed by atoms with E-state index in [1.54, 1.807) is 6.92 Å². The van der Waals surface area contributed by atoms with E-state index in [-0.39, 0.29) is 0 Å². The Morgan fingerprint density at radius 3 is 2.67 bits per heavy atom. The van der Waals surface area contributed by atoms with Gasteiger partial charge in [-0.1, -0.05) is 26.2 Å². The highest BCUT2D eigenvalue weighted by Crippen LogP contribution is 2.29. The Morgan fingerprint density at radius 2 is 2.17 bits per heavy atom. The normalized spacial score (nSPS) is 19.2. The zero-order valence-electron chi connectivity index (χ0n) is 11.7. The number of nitrogens with one attached hydrogen (secondary N) is 1. The van der Waals surface area contributed by atoms with Gasteiger partial charge in [0.1, 0.15) is 5.54 Å². The first kappa shape index (κ1) is 15.4. The fraction of sp³-hybridized carbons (Fsp3) is 0.929. The summed E-state index contributed by atoms with van der Waals surface area (Å²) < 4.78 is 5.57. The summed E-state index contributed by atoms with van der Waals surface area (Å²) in [4.78, 5) is 11.2. The molecule has 1 aliphatic carbocycles. The Hall–Kier alpha value is -0.610. The lowest BCUT2D eigenvalue weighted by Crippen LogP contribution is -2.49. The monoisotopic (exact) mass is 257 g/mol. The summed E-state index contributed by atoms with van der Waals surface area (Å²) in [5.74, 6) is 0.106. The predicted octanol–water partition coefficient (Wildman–Crippen LogP) is 2.43. The number of likely N-dealkylation sites (N-methyl/N-ethyl adjacent to an activating group) is 1. The van der Waals surface area contributed by atoms with Crippen LogP contribution in [0.15, 0.2) is 0 Å². The van der Waals surface area contributed by atoms with Crippen LogP contribution in [0.3, 0.4) is 0 Å². The fourth-order valence-corrected chi connectivity index (χ4v) is 2.32. The number of hydrogen-bond donors (Lipinski definition) is 2. The van der Waals surface area contributed by atoms with Gasteiger partial charge in [-0.25, -0.2) is 0 Å². The average Bonchev–Trinajstić information content (AvgIpc) is 2.25. The van der Waals surface area contributed by atoms with E-state index in [9.17, 15) is 9.90 Å². The first-order valence-electron chi connectivity index (χ1n) is 7.14. The maximum Gasteiger partial charge on any atom is 0.323 e. The second kappa shape index (κ2) is 7.74. The highest BCUT2D eigenvalue weighted by atomic mass is 16.5. The van der Waals surface area contributed by atoms with Gasteiger partial charge >= 0.3 is 5.97 Å². The molecule has 1 aliphatic rings. The third kappa shape index (κ3) is 4.94. The third-order valence-corrected chi connectivity index (χ3v) is 3.90. The Bertz CT molecular complexity index is 253. The maximum atomic E-state index is 11.2. The van der Waals surface area contributed by atoms with Crippen LogP contribution in [0.1, 0.15) is 52.4 Å². The van der Waals surface area contributed by atoms with E-state index >= 15 is 0 Å². The van der Waals surface area contributed by atoms with Crippen molar-refractivity contribution in [1.29, 1.82) is 0 Å². The van der Waals surface area contributed by atoms with Crippen LogP contribution in [0.25, 0.3) is 0 Å². The van der Waals surface area contributed by atoms with Crippen LogP contribution in [-0.4, -0.2) is 36.4 Å². The Balaban J connectivity index is 2.05. The van der Waals surface area contributed by atoms with E-state index in [2.05, 4.69) is 5.32 Å². The summed E-state index contributed by atoms with van der Waals surface area (Å²) >= 11 is 0. The highest BCUT2D eigenvalue weighted by molar-refractivity contribution is 5.78. The van der Waals surface area contributed by atoms with E-state index in [4.69, 9.17) is 4.74 Å².